The fourth-order valence-corrected chi connectivity index (χ4v) is 2.68. The van der Waals surface area contributed by atoms with Crippen molar-refractivity contribution in [3.63, 3.8) is 0 Å². The Hall–Kier alpha value is -2.38. The average Bonchev–Trinajstić information content (AvgIpc) is 2.96. The standard InChI is InChI=1S/C17H20N2O4S/c1-12-4-7-15(23-12)8-11-17(20)19(3)13(2)14-5-9-16(10-6-14)24(18,21)22/h4-11,13H,1-3H3,(H2,18,21,22)/b11-8-/t13-/m1/s1. The Morgan fingerprint density at radius 3 is 2.33 bits per heavy atom. The summed E-state index contributed by atoms with van der Waals surface area (Å²) in [7, 11) is -2.04. The summed E-state index contributed by atoms with van der Waals surface area (Å²) in [6.45, 7) is 3.69. The Morgan fingerprint density at radius 2 is 1.83 bits per heavy atom. The molecule has 1 aromatic carbocycles. The van der Waals surface area contributed by atoms with Crippen LogP contribution in [0.4, 0.5) is 0 Å². The largest absolute Gasteiger partial charge is 0.462 e. The van der Waals surface area contributed by atoms with Gasteiger partial charge in [0, 0.05) is 13.1 Å². The van der Waals surface area contributed by atoms with Gasteiger partial charge in [-0.15, -0.1) is 0 Å². The maximum atomic E-state index is 12.2. The van der Waals surface area contributed by atoms with Crippen LogP contribution in [0.2, 0.25) is 0 Å². The molecule has 0 spiro atoms. The number of hydrogen-bond acceptors (Lipinski definition) is 4. The number of rotatable bonds is 5. The molecule has 128 valence electrons. The highest BCUT2D eigenvalue weighted by Crippen LogP contribution is 2.21. The highest BCUT2D eigenvalue weighted by molar-refractivity contribution is 7.89. The molecule has 24 heavy (non-hydrogen) atoms. The third kappa shape index (κ3) is 4.33. The van der Waals surface area contributed by atoms with E-state index in [9.17, 15) is 13.2 Å². The number of nitrogens with two attached hydrogens (primary N) is 1. The van der Waals surface area contributed by atoms with E-state index in [-0.39, 0.29) is 16.8 Å². The van der Waals surface area contributed by atoms with E-state index in [2.05, 4.69) is 0 Å². The summed E-state index contributed by atoms with van der Waals surface area (Å²) in [4.78, 5) is 13.8. The molecule has 2 rings (SSSR count). The Labute approximate surface area is 141 Å². The number of aryl methyl sites for hydroxylation is 1. The maximum Gasteiger partial charge on any atom is 0.246 e. The Balaban J connectivity index is 2.09. The van der Waals surface area contributed by atoms with Gasteiger partial charge in [0.25, 0.3) is 0 Å². The van der Waals surface area contributed by atoms with Gasteiger partial charge < -0.3 is 9.32 Å². The number of carbonyl (C=O) groups is 1. The molecule has 1 amide bonds. The summed E-state index contributed by atoms with van der Waals surface area (Å²) in [6, 6.07) is 9.54. The van der Waals surface area contributed by atoms with Gasteiger partial charge in [0.05, 0.1) is 10.9 Å². The van der Waals surface area contributed by atoms with E-state index < -0.39 is 10.0 Å². The zero-order chi connectivity index (χ0) is 17.9. The first kappa shape index (κ1) is 18.0. The number of sulfonamides is 1. The molecule has 0 bridgehead atoms. The number of carbonyl (C=O) groups excluding carboxylic acids is 1. The minimum atomic E-state index is -3.72. The number of primary sulfonamides is 1. The zero-order valence-corrected chi connectivity index (χ0v) is 14.6. The molecular weight excluding hydrogens is 328 g/mol. The van der Waals surface area contributed by atoms with Crippen LogP contribution in [0.25, 0.3) is 6.08 Å². The van der Waals surface area contributed by atoms with E-state index in [1.807, 2.05) is 19.9 Å². The first-order valence-corrected chi connectivity index (χ1v) is 8.87. The molecule has 0 radical (unpaired) electrons. The molecule has 0 aliphatic rings. The average molecular weight is 348 g/mol. The second kappa shape index (κ2) is 7.02. The summed E-state index contributed by atoms with van der Waals surface area (Å²) in [6.07, 6.45) is 3.05. The zero-order valence-electron chi connectivity index (χ0n) is 13.8. The van der Waals surface area contributed by atoms with Crippen LogP contribution in [0, 0.1) is 6.92 Å². The molecule has 0 saturated carbocycles. The summed E-state index contributed by atoms with van der Waals surface area (Å²) in [5.74, 6) is 1.20. The van der Waals surface area contributed by atoms with Crippen molar-refractivity contribution in [2.24, 2.45) is 5.14 Å². The lowest BCUT2D eigenvalue weighted by Crippen LogP contribution is -2.28. The molecular formula is C17H20N2O4S. The third-order valence-corrected chi connectivity index (χ3v) is 4.70. The minimum Gasteiger partial charge on any atom is -0.462 e. The van der Waals surface area contributed by atoms with Gasteiger partial charge in [-0.2, -0.15) is 0 Å². The molecule has 7 heteroatoms. The lowest BCUT2D eigenvalue weighted by atomic mass is 10.1. The van der Waals surface area contributed by atoms with Crippen LogP contribution in [-0.2, 0) is 14.8 Å². The lowest BCUT2D eigenvalue weighted by Gasteiger charge is -2.24. The van der Waals surface area contributed by atoms with Crippen molar-refractivity contribution in [2.45, 2.75) is 24.8 Å². The predicted octanol–water partition coefficient (Wildman–Crippen LogP) is 2.47. The maximum absolute atomic E-state index is 12.2. The monoisotopic (exact) mass is 348 g/mol. The van der Waals surface area contributed by atoms with Gasteiger partial charge in [0.1, 0.15) is 11.5 Å². The van der Waals surface area contributed by atoms with Crippen LogP contribution in [0.3, 0.4) is 0 Å². The van der Waals surface area contributed by atoms with Gasteiger partial charge in [-0.25, -0.2) is 13.6 Å². The second-order valence-corrected chi connectivity index (χ2v) is 7.08. The van der Waals surface area contributed by atoms with Gasteiger partial charge in [-0.3, -0.25) is 4.79 Å². The van der Waals surface area contributed by atoms with Crippen molar-refractivity contribution in [1.82, 2.24) is 4.90 Å². The van der Waals surface area contributed by atoms with Gasteiger partial charge in [-0.1, -0.05) is 12.1 Å². The SMILES string of the molecule is Cc1ccc(/C=C\C(=O)N(C)[C@H](C)c2ccc(S(N)(=O)=O)cc2)o1. The summed E-state index contributed by atoms with van der Waals surface area (Å²) >= 11 is 0. The molecule has 0 fully saturated rings. The van der Waals surface area contributed by atoms with Gasteiger partial charge in [0.2, 0.25) is 15.9 Å². The highest BCUT2D eigenvalue weighted by atomic mass is 32.2. The van der Waals surface area contributed by atoms with Crippen molar-refractivity contribution in [3.05, 3.63) is 59.6 Å². The molecule has 1 heterocycles. The number of hydrogen-bond donors (Lipinski definition) is 1. The van der Waals surface area contributed by atoms with Crippen LogP contribution in [-0.4, -0.2) is 26.3 Å². The summed E-state index contributed by atoms with van der Waals surface area (Å²) in [5, 5.41) is 5.08. The van der Waals surface area contributed by atoms with Crippen molar-refractivity contribution in [2.75, 3.05) is 7.05 Å². The number of amides is 1. The topological polar surface area (TPSA) is 93.6 Å². The van der Waals surface area contributed by atoms with Crippen LogP contribution < -0.4 is 5.14 Å². The van der Waals surface area contributed by atoms with E-state index in [0.717, 1.165) is 11.3 Å². The van der Waals surface area contributed by atoms with Crippen LogP contribution in [0.1, 0.15) is 30.0 Å². The summed E-state index contributed by atoms with van der Waals surface area (Å²) < 4.78 is 27.9. The predicted molar refractivity (Wildman–Crippen MR) is 91.5 cm³/mol. The molecule has 0 aliphatic carbocycles. The molecule has 2 N–H and O–H groups in total. The molecule has 0 saturated heterocycles. The molecule has 0 aliphatic heterocycles. The fourth-order valence-electron chi connectivity index (χ4n) is 2.16. The van der Waals surface area contributed by atoms with Crippen LogP contribution in [0.15, 0.2) is 51.8 Å². The first-order chi connectivity index (χ1) is 11.2. The number of nitrogens with zero attached hydrogens (tertiary/aromatic N) is 1. The highest BCUT2D eigenvalue weighted by Gasteiger charge is 2.16. The molecule has 1 aromatic heterocycles. The van der Waals surface area contributed by atoms with Gasteiger partial charge in [0.15, 0.2) is 0 Å². The quantitative estimate of drug-likeness (QED) is 0.840. The molecule has 2 aromatic rings. The van der Waals surface area contributed by atoms with Crippen molar-refractivity contribution >= 4 is 22.0 Å². The van der Waals surface area contributed by atoms with E-state index >= 15 is 0 Å². The van der Waals surface area contributed by atoms with Crippen molar-refractivity contribution in [3.8, 4) is 0 Å². The summed E-state index contributed by atoms with van der Waals surface area (Å²) in [5.41, 5.74) is 0.806. The lowest BCUT2D eigenvalue weighted by molar-refractivity contribution is -0.126. The smallest absolute Gasteiger partial charge is 0.246 e. The number of benzene rings is 1. The first-order valence-electron chi connectivity index (χ1n) is 7.32. The number of furan rings is 1. The second-order valence-electron chi connectivity index (χ2n) is 5.52. The molecule has 6 nitrogen and oxygen atoms in total. The van der Waals surface area contributed by atoms with Crippen LogP contribution >= 0.6 is 0 Å². The van der Waals surface area contributed by atoms with Gasteiger partial charge >= 0.3 is 0 Å². The van der Waals surface area contributed by atoms with Crippen molar-refractivity contribution < 1.29 is 17.6 Å². The Morgan fingerprint density at radius 1 is 1.21 bits per heavy atom. The van der Waals surface area contributed by atoms with E-state index in [1.54, 1.807) is 36.2 Å². The van der Waals surface area contributed by atoms with Crippen molar-refractivity contribution in [1.29, 1.82) is 0 Å². The Bertz CT molecular complexity index is 851. The molecule has 1 atom stereocenters. The van der Waals surface area contributed by atoms with E-state index in [0.29, 0.717) is 5.76 Å². The van der Waals surface area contributed by atoms with Gasteiger partial charge in [-0.05, 0) is 49.8 Å². The van der Waals surface area contributed by atoms with Crippen LogP contribution in [0.5, 0.6) is 0 Å². The number of likely N-dealkylation sites (N-methyl/N-ethyl adjacent to an activating group) is 1. The fraction of sp³-hybridized carbons (Fsp3) is 0.235. The third-order valence-electron chi connectivity index (χ3n) is 3.77. The minimum absolute atomic E-state index is 0.0421. The normalized spacial score (nSPS) is 13.2. The van der Waals surface area contributed by atoms with E-state index in [1.165, 1.54) is 18.2 Å². The Kier molecular flexibility index (Phi) is 5.26. The van der Waals surface area contributed by atoms with E-state index in [4.69, 9.17) is 9.56 Å². The molecule has 0 unspecified atom stereocenters.